The van der Waals surface area contributed by atoms with Crippen molar-refractivity contribution in [2.75, 3.05) is 0 Å². The summed E-state index contributed by atoms with van der Waals surface area (Å²) in [7, 11) is 0. The zero-order valence-corrected chi connectivity index (χ0v) is 13.7. The van der Waals surface area contributed by atoms with Gasteiger partial charge in [-0.15, -0.1) is 5.10 Å². The quantitative estimate of drug-likeness (QED) is 0.451. The normalized spacial score (nSPS) is 19.7. The van der Waals surface area contributed by atoms with E-state index in [4.69, 9.17) is 5.11 Å². The molecule has 0 bridgehead atoms. The van der Waals surface area contributed by atoms with Gasteiger partial charge in [0.05, 0.1) is 23.8 Å². The van der Waals surface area contributed by atoms with Gasteiger partial charge < -0.3 is 10.4 Å². The van der Waals surface area contributed by atoms with Gasteiger partial charge in [0.25, 0.3) is 0 Å². The molecule has 2 rings (SSSR count). The van der Waals surface area contributed by atoms with Gasteiger partial charge in [-0.05, 0) is 12.1 Å². The number of carboxylic acids is 1. The highest BCUT2D eigenvalue weighted by molar-refractivity contribution is 8.15. The van der Waals surface area contributed by atoms with Crippen molar-refractivity contribution in [3.63, 3.8) is 0 Å². The minimum Gasteiger partial charge on any atom is -0.481 e. The Balaban J connectivity index is 2.24. The Labute approximate surface area is 151 Å². The number of benzene rings is 1. The van der Waals surface area contributed by atoms with Gasteiger partial charge in [-0.2, -0.15) is 31.4 Å². The van der Waals surface area contributed by atoms with Crippen molar-refractivity contribution in [3.05, 3.63) is 34.9 Å². The van der Waals surface area contributed by atoms with E-state index in [1.807, 2.05) is 0 Å². The zero-order chi connectivity index (χ0) is 20.4. The van der Waals surface area contributed by atoms with Crippen LogP contribution in [0.1, 0.15) is 23.1 Å². The van der Waals surface area contributed by atoms with Crippen LogP contribution in [0, 0.1) is 0 Å². The van der Waals surface area contributed by atoms with E-state index in [9.17, 15) is 35.9 Å². The molecule has 1 saturated heterocycles. The Morgan fingerprint density at radius 2 is 1.89 bits per heavy atom. The van der Waals surface area contributed by atoms with E-state index in [-0.39, 0.29) is 11.2 Å². The summed E-state index contributed by atoms with van der Waals surface area (Å²) in [5.74, 6) is -1.88. The van der Waals surface area contributed by atoms with E-state index >= 15 is 0 Å². The average Bonchev–Trinajstić information content (AvgIpc) is 2.84. The molecule has 1 unspecified atom stereocenters. The van der Waals surface area contributed by atoms with Crippen LogP contribution >= 0.6 is 11.8 Å². The number of thioether (sulfide) groups is 1. The fourth-order valence-corrected chi connectivity index (χ4v) is 2.89. The average molecular weight is 413 g/mol. The summed E-state index contributed by atoms with van der Waals surface area (Å²) in [4.78, 5) is 22.1. The van der Waals surface area contributed by atoms with Crippen LogP contribution in [0.25, 0.3) is 0 Å². The maximum Gasteiger partial charge on any atom is 0.417 e. The molecule has 1 heterocycles. The third-order valence-electron chi connectivity index (χ3n) is 3.17. The number of aliphatic carboxylic acids is 1. The van der Waals surface area contributed by atoms with E-state index < -0.39 is 52.6 Å². The predicted molar refractivity (Wildman–Crippen MR) is 83.2 cm³/mol. The van der Waals surface area contributed by atoms with Crippen LogP contribution in [0.15, 0.2) is 28.4 Å². The van der Waals surface area contributed by atoms with Crippen LogP contribution in [-0.4, -0.2) is 33.6 Å². The predicted octanol–water partition coefficient (Wildman–Crippen LogP) is 3.12. The minimum atomic E-state index is -5.06. The molecular weight excluding hydrogens is 404 g/mol. The first-order valence-corrected chi connectivity index (χ1v) is 7.84. The molecule has 2 N–H and O–H groups in total. The Bertz CT molecular complexity index is 819. The number of nitrogens with one attached hydrogen (secondary N) is 1. The van der Waals surface area contributed by atoms with E-state index in [2.05, 4.69) is 15.5 Å². The molecule has 0 aromatic heterocycles. The van der Waals surface area contributed by atoms with Gasteiger partial charge in [0.2, 0.25) is 5.91 Å². The number of rotatable bonds is 4. The molecule has 6 nitrogen and oxygen atoms in total. The number of carbonyl (C=O) groups excluding carboxylic acids is 1. The summed E-state index contributed by atoms with van der Waals surface area (Å²) in [6.45, 7) is 0. The van der Waals surface area contributed by atoms with Crippen LogP contribution in [0.5, 0.6) is 0 Å². The second kappa shape index (κ2) is 7.58. The molecule has 1 aliphatic rings. The van der Waals surface area contributed by atoms with E-state index in [0.29, 0.717) is 18.3 Å². The monoisotopic (exact) mass is 413 g/mol. The molecule has 0 saturated carbocycles. The summed E-state index contributed by atoms with van der Waals surface area (Å²) < 4.78 is 76.8. The lowest BCUT2D eigenvalue weighted by atomic mass is 10.0. The Hall–Kier alpha value is -2.57. The highest BCUT2D eigenvalue weighted by Gasteiger charge is 2.38. The smallest absolute Gasteiger partial charge is 0.417 e. The van der Waals surface area contributed by atoms with Crippen molar-refractivity contribution in [1.82, 2.24) is 5.32 Å². The van der Waals surface area contributed by atoms with Gasteiger partial charge >= 0.3 is 18.3 Å². The number of alkyl halides is 6. The first-order chi connectivity index (χ1) is 12.4. The number of carbonyl (C=O) groups is 2. The summed E-state index contributed by atoms with van der Waals surface area (Å²) >= 11 is 0.722. The number of hydrogen-bond acceptors (Lipinski definition) is 5. The van der Waals surface area contributed by atoms with E-state index in [0.717, 1.165) is 11.8 Å². The van der Waals surface area contributed by atoms with Crippen molar-refractivity contribution >= 4 is 35.0 Å². The van der Waals surface area contributed by atoms with Crippen LogP contribution in [0.4, 0.5) is 26.3 Å². The molecule has 0 spiro atoms. The molecule has 1 aliphatic heterocycles. The lowest BCUT2D eigenvalue weighted by Crippen LogP contribution is -2.26. The molecule has 1 fully saturated rings. The number of amides is 1. The van der Waals surface area contributed by atoms with Gasteiger partial charge in [0.1, 0.15) is 5.25 Å². The highest BCUT2D eigenvalue weighted by Crippen LogP contribution is 2.36. The van der Waals surface area contributed by atoms with Crippen molar-refractivity contribution in [1.29, 1.82) is 0 Å². The topological polar surface area (TPSA) is 91.1 Å². The van der Waals surface area contributed by atoms with E-state index in [1.165, 1.54) is 0 Å². The standard InChI is InChI=1S/C14H9F6N3O3S/c15-13(16,17)7-2-1-6(8(3-7)14(18,19)20)5-21-23-12-22-11(26)9(27-12)4-10(24)25/h1-3,5,9H,4H2,(H,24,25)(H,22,23,26). The molecule has 1 aromatic carbocycles. The maximum atomic E-state index is 13.0. The van der Waals surface area contributed by atoms with Gasteiger partial charge in [0.15, 0.2) is 5.17 Å². The molecule has 146 valence electrons. The Morgan fingerprint density at radius 3 is 2.44 bits per heavy atom. The lowest BCUT2D eigenvalue weighted by molar-refractivity contribution is -0.143. The third kappa shape index (κ3) is 5.45. The highest BCUT2D eigenvalue weighted by atomic mass is 32.2. The van der Waals surface area contributed by atoms with Gasteiger partial charge in [-0.25, -0.2) is 0 Å². The van der Waals surface area contributed by atoms with Crippen molar-refractivity contribution in [2.45, 2.75) is 24.0 Å². The molecule has 0 radical (unpaired) electrons. The fourth-order valence-electron chi connectivity index (χ4n) is 1.98. The van der Waals surface area contributed by atoms with Crippen LogP contribution in [-0.2, 0) is 21.9 Å². The Morgan fingerprint density at radius 1 is 1.22 bits per heavy atom. The third-order valence-corrected chi connectivity index (χ3v) is 4.24. The number of halogens is 6. The molecule has 27 heavy (non-hydrogen) atoms. The first-order valence-electron chi connectivity index (χ1n) is 6.96. The summed E-state index contributed by atoms with van der Waals surface area (Å²) in [5.41, 5.74) is -3.67. The number of carboxylic acid groups (broad SMARTS) is 1. The number of amidine groups is 1. The lowest BCUT2D eigenvalue weighted by Gasteiger charge is -2.13. The van der Waals surface area contributed by atoms with Crippen LogP contribution < -0.4 is 5.32 Å². The van der Waals surface area contributed by atoms with Crippen molar-refractivity contribution in [3.8, 4) is 0 Å². The fraction of sp³-hybridized carbons (Fsp3) is 0.286. The minimum absolute atomic E-state index is 0.0382. The van der Waals surface area contributed by atoms with Crippen molar-refractivity contribution in [2.24, 2.45) is 10.2 Å². The molecule has 13 heteroatoms. The number of hydrogen-bond donors (Lipinski definition) is 2. The SMILES string of the molecule is O=C(O)CC1SC(=NN=Cc2ccc(C(F)(F)F)cc2C(F)(F)F)NC1=O. The van der Waals surface area contributed by atoms with E-state index in [1.54, 1.807) is 0 Å². The summed E-state index contributed by atoms with van der Waals surface area (Å²) in [6, 6.07) is 1.03. The van der Waals surface area contributed by atoms with Gasteiger partial charge in [-0.1, -0.05) is 17.8 Å². The van der Waals surface area contributed by atoms with Crippen LogP contribution in [0.2, 0.25) is 0 Å². The largest absolute Gasteiger partial charge is 0.481 e. The molecule has 0 aliphatic carbocycles. The van der Waals surface area contributed by atoms with Crippen LogP contribution in [0.3, 0.4) is 0 Å². The Kier molecular flexibility index (Phi) is 5.82. The molecule has 1 atom stereocenters. The first kappa shape index (κ1) is 20.7. The second-order valence-corrected chi connectivity index (χ2v) is 6.33. The summed E-state index contributed by atoms with van der Waals surface area (Å²) in [6.07, 6.45) is -9.90. The van der Waals surface area contributed by atoms with Crippen molar-refractivity contribution < 1.29 is 41.0 Å². The second-order valence-electron chi connectivity index (χ2n) is 5.14. The molecule has 1 amide bonds. The molecule has 1 aromatic rings. The van der Waals surface area contributed by atoms with Gasteiger partial charge in [-0.3, -0.25) is 9.59 Å². The summed E-state index contributed by atoms with van der Waals surface area (Å²) in [5, 5.41) is 16.5. The zero-order valence-electron chi connectivity index (χ0n) is 12.9. The molecular formula is C14H9F6N3O3S. The maximum absolute atomic E-state index is 13.0. The van der Waals surface area contributed by atoms with Gasteiger partial charge in [0, 0.05) is 5.56 Å². The number of nitrogens with zero attached hydrogens (tertiary/aromatic N) is 2.